The molecule has 3 fully saturated rings. The quantitative estimate of drug-likeness (QED) is 0.0997. The molecule has 0 aromatic heterocycles. The van der Waals surface area contributed by atoms with E-state index in [1.165, 1.54) is 35.1 Å². The van der Waals surface area contributed by atoms with Crippen molar-refractivity contribution >= 4 is 47.3 Å². The highest BCUT2D eigenvalue weighted by Gasteiger charge is 2.42. The molecule has 2 aliphatic heterocycles. The summed E-state index contributed by atoms with van der Waals surface area (Å²) in [6, 6.07) is 13.5. The van der Waals surface area contributed by atoms with Gasteiger partial charge in [-0.1, -0.05) is 127 Å². The fourth-order valence-electron chi connectivity index (χ4n) is 9.62. The zero-order valence-electron chi connectivity index (χ0n) is 40.5. The number of nitrogens with zero attached hydrogens (tertiary/aromatic N) is 2. The third-order valence-electron chi connectivity index (χ3n) is 13.6. The number of rotatable bonds is 22. The van der Waals surface area contributed by atoms with Gasteiger partial charge in [-0.05, 0) is 86.8 Å². The summed E-state index contributed by atoms with van der Waals surface area (Å²) in [7, 11) is 0. The minimum absolute atomic E-state index is 0.182. The van der Waals surface area contributed by atoms with Crippen molar-refractivity contribution in [3.63, 3.8) is 0 Å². The van der Waals surface area contributed by atoms with Gasteiger partial charge in [0.1, 0.15) is 30.2 Å². The molecule has 0 radical (unpaired) electrons. The highest BCUT2D eigenvalue weighted by molar-refractivity contribution is 6.01. The molecule has 1 unspecified atom stereocenters. The second-order valence-electron chi connectivity index (χ2n) is 19.2. The van der Waals surface area contributed by atoms with E-state index in [0.717, 1.165) is 24.0 Å². The molecule has 0 bridgehead atoms. The number of carbonyl (C=O) groups excluding carboxylic acids is 7. The first-order valence-electron chi connectivity index (χ1n) is 25.0. The minimum atomic E-state index is -1.37. The monoisotopic (exact) mass is 925 g/mol. The summed E-state index contributed by atoms with van der Waals surface area (Å²) in [4.78, 5) is 102. The van der Waals surface area contributed by atoms with E-state index >= 15 is 0 Å². The van der Waals surface area contributed by atoms with E-state index in [2.05, 4.69) is 28.2 Å². The molecule has 366 valence electrons. The van der Waals surface area contributed by atoms with E-state index in [0.29, 0.717) is 70.4 Å². The molecule has 6 amide bonds. The van der Waals surface area contributed by atoms with Crippen molar-refractivity contribution in [2.45, 2.75) is 167 Å². The first-order valence-corrected chi connectivity index (χ1v) is 25.0. The number of carbonyl (C=O) groups is 7. The standard InChI is InChI=1S/C53H76N6O8/c1-6-30-54-51(64)48(38(5)67-35-40-22-12-8-13-23-40)57-50(63)45-27-16-18-31-58(45)52(65)43(34-42(60)29-28-39-20-10-7-11-21-39)55-49(62)44-26-17-19-32-59(44)53(66)47(36(2)3)56-46(61)33-37(4)41-24-14-9-15-25-41/h7-8,10-13,20-23,28-29,36-38,41,43-45,47-48H,6,9,14-19,24-27,30-35H2,1-5H3,(H,54,64)(H,55,62)(H,56,61)(H,57,63)/t37-,38?,43-,44-,45-,47-,48-/m0/s1. The Balaban J connectivity index is 1.35. The van der Waals surface area contributed by atoms with Crippen LogP contribution < -0.4 is 21.3 Å². The van der Waals surface area contributed by atoms with Crippen molar-refractivity contribution in [1.29, 1.82) is 0 Å². The minimum Gasteiger partial charge on any atom is -0.371 e. The Kier molecular flexibility index (Phi) is 21.1. The van der Waals surface area contributed by atoms with Crippen LogP contribution in [0.15, 0.2) is 66.7 Å². The van der Waals surface area contributed by atoms with Crippen LogP contribution in [0.4, 0.5) is 0 Å². The van der Waals surface area contributed by atoms with Crippen molar-refractivity contribution < 1.29 is 38.3 Å². The van der Waals surface area contributed by atoms with Gasteiger partial charge < -0.3 is 35.8 Å². The van der Waals surface area contributed by atoms with Crippen LogP contribution in [0.2, 0.25) is 0 Å². The number of nitrogens with one attached hydrogen (secondary N) is 4. The summed E-state index contributed by atoms with van der Waals surface area (Å²) < 4.78 is 6.11. The molecule has 14 nitrogen and oxygen atoms in total. The first kappa shape index (κ1) is 52.6. The van der Waals surface area contributed by atoms with Crippen LogP contribution >= 0.6 is 0 Å². The summed E-state index contributed by atoms with van der Waals surface area (Å²) in [6.07, 6.45) is 11.9. The molecule has 1 aliphatic carbocycles. The lowest BCUT2D eigenvalue weighted by atomic mass is 9.79. The van der Waals surface area contributed by atoms with Crippen LogP contribution in [0.25, 0.3) is 6.08 Å². The molecular weight excluding hydrogens is 849 g/mol. The summed E-state index contributed by atoms with van der Waals surface area (Å²) in [5, 5.41) is 11.7. The number of allylic oxidation sites excluding steroid dienone is 1. The van der Waals surface area contributed by atoms with Gasteiger partial charge in [-0.15, -0.1) is 0 Å². The maximum atomic E-state index is 14.9. The van der Waals surface area contributed by atoms with Gasteiger partial charge in [-0.2, -0.15) is 0 Å². The molecule has 3 aliphatic rings. The Bertz CT molecular complexity index is 1970. The lowest BCUT2D eigenvalue weighted by Gasteiger charge is -2.40. The molecule has 2 heterocycles. The zero-order chi connectivity index (χ0) is 48.3. The molecule has 2 aromatic carbocycles. The van der Waals surface area contributed by atoms with Gasteiger partial charge >= 0.3 is 0 Å². The molecule has 14 heteroatoms. The maximum absolute atomic E-state index is 14.9. The van der Waals surface area contributed by atoms with Gasteiger partial charge in [-0.3, -0.25) is 33.6 Å². The second kappa shape index (κ2) is 26.8. The maximum Gasteiger partial charge on any atom is 0.246 e. The third kappa shape index (κ3) is 15.9. The Hall–Kier alpha value is -5.37. The first-order chi connectivity index (χ1) is 32.3. The Morgan fingerprint density at radius 1 is 0.672 bits per heavy atom. The van der Waals surface area contributed by atoms with Crippen LogP contribution in [0.1, 0.15) is 136 Å². The average molecular weight is 925 g/mol. The Labute approximate surface area is 398 Å². The third-order valence-corrected chi connectivity index (χ3v) is 13.6. The Morgan fingerprint density at radius 3 is 1.87 bits per heavy atom. The van der Waals surface area contributed by atoms with Gasteiger partial charge in [-0.25, -0.2) is 0 Å². The van der Waals surface area contributed by atoms with Gasteiger partial charge in [0, 0.05) is 32.5 Å². The predicted molar refractivity (Wildman–Crippen MR) is 259 cm³/mol. The highest BCUT2D eigenvalue weighted by Crippen LogP contribution is 2.32. The van der Waals surface area contributed by atoms with Crippen LogP contribution in [-0.4, -0.2) is 107 Å². The SMILES string of the molecule is CCCNC(=O)[C@@H](NC(=O)[C@@H]1CCCCN1C(=O)[C@H](CC(=O)C=Cc1ccccc1)NC(=O)[C@@H]1CCCCN1C(=O)[C@@H](NC(=O)C[C@H](C)C1CCCCC1)C(C)C)C(C)OCc1ccccc1. The molecule has 7 atom stereocenters. The molecule has 67 heavy (non-hydrogen) atoms. The Morgan fingerprint density at radius 2 is 1.25 bits per heavy atom. The zero-order valence-corrected chi connectivity index (χ0v) is 40.5. The lowest BCUT2D eigenvalue weighted by molar-refractivity contribution is -0.149. The van der Waals surface area contributed by atoms with E-state index < -0.39 is 72.1 Å². The topological polar surface area (TPSA) is 183 Å². The number of ketones is 1. The van der Waals surface area contributed by atoms with E-state index in [9.17, 15) is 33.6 Å². The number of hydrogen-bond donors (Lipinski definition) is 4. The average Bonchev–Trinajstić information content (AvgIpc) is 3.35. The van der Waals surface area contributed by atoms with Crippen molar-refractivity contribution in [2.75, 3.05) is 19.6 Å². The van der Waals surface area contributed by atoms with E-state index in [-0.39, 0.29) is 36.8 Å². The molecule has 5 rings (SSSR count). The molecule has 4 N–H and O–H groups in total. The van der Waals surface area contributed by atoms with Crippen molar-refractivity contribution in [2.24, 2.45) is 17.8 Å². The van der Waals surface area contributed by atoms with Crippen LogP contribution in [0, 0.1) is 17.8 Å². The smallest absolute Gasteiger partial charge is 0.246 e. The van der Waals surface area contributed by atoms with E-state index in [1.807, 2.05) is 81.4 Å². The largest absolute Gasteiger partial charge is 0.371 e. The number of likely N-dealkylation sites (tertiary alicyclic amines) is 2. The van der Waals surface area contributed by atoms with Crippen molar-refractivity contribution in [3.05, 3.63) is 77.9 Å². The van der Waals surface area contributed by atoms with Crippen LogP contribution in [0.3, 0.4) is 0 Å². The van der Waals surface area contributed by atoms with E-state index in [1.54, 1.807) is 13.0 Å². The summed E-state index contributed by atoms with van der Waals surface area (Å²) in [5.74, 6) is -2.68. The lowest BCUT2D eigenvalue weighted by Crippen LogP contribution is -2.63. The molecule has 0 spiro atoms. The number of piperidine rings is 2. The van der Waals surface area contributed by atoms with E-state index in [4.69, 9.17) is 4.74 Å². The molecule has 1 saturated carbocycles. The number of ether oxygens (including phenoxy) is 1. The normalized spacial score (nSPS) is 20.3. The number of amides is 6. The summed E-state index contributed by atoms with van der Waals surface area (Å²) in [5.41, 5.74) is 1.68. The second-order valence-corrected chi connectivity index (χ2v) is 19.2. The molecular formula is C53H76N6O8. The fraction of sp³-hybridized carbons (Fsp3) is 0.604. The van der Waals surface area contributed by atoms with Crippen LogP contribution in [0.5, 0.6) is 0 Å². The fourth-order valence-corrected chi connectivity index (χ4v) is 9.62. The number of benzene rings is 2. The van der Waals surface area contributed by atoms with Gasteiger partial charge in [0.2, 0.25) is 35.4 Å². The van der Waals surface area contributed by atoms with Gasteiger partial charge in [0.25, 0.3) is 0 Å². The predicted octanol–water partition coefficient (Wildman–Crippen LogP) is 6.27. The van der Waals surface area contributed by atoms with Gasteiger partial charge in [0.05, 0.1) is 12.7 Å². The van der Waals surface area contributed by atoms with Gasteiger partial charge in [0.15, 0.2) is 5.78 Å². The number of hydrogen-bond acceptors (Lipinski definition) is 8. The van der Waals surface area contributed by atoms with Crippen LogP contribution in [-0.2, 0) is 44.9 Å². The molecule has 2 aromatic rings. The highest BCUT2D eigenvalue weighted by atomic mass is 16.5. The van der Waals surface area contributed by atoms with Crippen molar-refractivity contribution in [1.82, 2.24) is 31.1 Å². The van der Waals surface area contributed by atoms with Crippen molar-refractivity contribution in [3.8, 4) is 0 Å². The summed E-state index contributed by atoms with van der Waals surface area (Å²) in [6.45, 7) is 10.6. The molecule has 2 saturated heterocycles. The summed E-state index contributed by atoms with van der Waals surface area (Å²) >= 11 is 0.